The fourth-order valence-electron chi connectivity index (χ4n) is 3.46. The molecule has 0 amide bonds. The molecule has 1 saturated heterocycles. The highest BCUT2D eigenvalue weighted by atomic mass is 32.2. The summed E-state index contributed by atoms with van der Waals surface area (Å²) in [5.41, 5.74) is 10.7. The fourth-order valence-corrected chi connectivity index (χ4v) is 4.93. The first-order valence-corrected chi connectivity index (χ1v) is 10.6. The first-order chi connectivity index (χ1) is 12.4. The number of fused-ring (bicyclic) bond motifs is 1. The summed E-state index contributed by atoms with van der Waals surface area (Å²) in [5, 5.41) is 2.00. The third-order valence-electron chi connectivity index (χ3n) is 4.97. The van der Waals surface area contributed by atoms with Crippen LogP contribution in [0, 0.1) is 5.92 Å². The Morgan fingerprint density at radius 1 is 1.08 bits per heavy atom. The maximum Gasteiger partial charge on any atom is 0.191 e. The van der Waals surface area contributed by atoms with E-state index in [1.54, 1.807) is 12.1 Å². The minimum Gasteiger partial charge on any atom is -0.370 e. The average Bonchev–Trinajstić information content (AvgIpc) is 2.62. The molecule has 7 heteroatoms. The molecule has 0 radical (unpaired) electrons. The predicted molar refractivity (Wildman–Crippen MR) is 106 cm³/mol. The molecule has 1 fully saturated rings. The van der Waals surface area contributed by atoms with E-state index in [1.807, 2.05) is 35.2 Å². The van der Waals surface area contributed by atoms with Crippen LogP contribution in [0.3, 0.4) is 0 Å². The number of rotatable bonds is 6. The van der Waals surface area contributed by atoms with Crippen molar-refractivity contribution in [3.63, 3.8) is 0 Å². The van der Waals surface area contributed by atoms with E-state index >= 15 is 0 Å². The van der Waals surface area contributed by atoms with Crippen LogP contribution < -0.4 is 11.5 Å². The molecule has 140 valence electrons. The lowest BCUT2D eigenvalue weighted by Crippen LogP contribution is -2.37. The summed E-state index contributed by atoms with van der Waals surface area (Å²) in [4.78, 5) is 6.45. The molecule has 2 aromatic rings. The highest BCUT2D eigenvalue weighted by Crippen LogP contribution is 2.24. The van der Waals surface area contributed by atoms with Crippen LogP contribution in [0.2, 0.25) is 0 Å². The number of likely N-dealkylation sites (tertiary alicyclic amines) is 1. The van der Waals surface area contributed by atoms with Gasteiger partial charge in [0.05, 0.1) is 4.90 Å². The molecule has 6 nitrogen and oxygen atoms in total. The third-order valence-corrected chi connectivity index (χ3v) is 6.65. The number of piperidine rings is 1. The lowest BCUT2D eigenvalue weighted by atomic mass is 9.94. The van der Waals surface area contributed by atoms with Crippen LogP contribution in [0.25, 0.3) is 10.8 Å². The maximum atomic E-state index is 12.8. The van der Waals surface area contributed by atoms with Crippen LogP contribution in [0.4, 0.5) is 0 Å². The molecule has 0 aromatic heterocycles. The van der Waals surface area contributed by atoms with Crippen molar-refractivity contribution >= 4 is 26.6 Å². The normalized spacial score (nSPS) is 16.6. The maximum absolute atomic E-state index is 12.8. The van der Waals surface area contributed by atoms with Crippen LogP contribution in [-0.2, 0) is 9.84 Å². The molecule has 2 aromatic carbocycles. The van der Waals surface area contributed by atoms with Gasteiger partial charge < -0.3 is 11.5 Å². The zero-order chi connectivity index (χ0) is 18.6. The second-order valence-corrected chi connectivity index (χ2v) is 8.87. The summed E-state index contributed by atoms with van der Waals surface area (Å²) in [6.07, 6.45) is 2.91. The molecule has 0 atom stereocenters. The van der Waals surface area contributed by atoms with Crippen molar-refractivity contribution in [3.8, 4) is 0 Å². The summed E-state index contributed by atoms with van der Waals surface area (Å²) in [7, 11) is -3.33. The van der Waals surface area contributed by atoms with Crippen molar-refractivity contribution in [2.24, 2.45) is 22.4 Å². The monoisotopic (exact) mass is 374 g/mol. The molecule has 1 aliphatic heterocycles. The molecular formula is C19H26N4O2S. The van der Waals surface area contributed by atoms with Crippen molar-refractivity contribution in [2.45, 2.75) is 24.2 Å². The average molecular weight is 375 g/mol. The van der Waals surface area contributed by atoms with Crippen molar-refractivity contribution < 1.29 is 8.42 Å². The largest absolute Gasteiger partial charge is 0.370 e. The molecule has 1 aliphatic rings. The van der Waals surface area contributed by atoms with Crippen molar-refractivity contribution in [1.29, 1.82) is 0 Å². The number of guanidine groups is 1. The number of aliphatic imine (C=N–C) groups is 1. The number of hydrogen-bond donors (Lipinski definition) is 2. The summed E-state index contributed by atoms with van der Waals surface area (Å²) in [6.45, 7) is 2.22. The molecule has 0 saturated carbocycles. The molecule has 26 heavy (non-hydrogen) atoms. The zero-order valence-electron chi connectivity index (χ0n) is 14.8. The van der Waals surface area contributed by atoms with Crippen LogP contribution in [0.5, 0.6) is 0 Å². The van der Waals surface area contributed by atoms with Crippen LogP contribution >= 0.6 is 0 Å². The van der Waals surface area contributed by atoms with E-state index in [-0.39, 0.29) is 11.8 Å². The van der Waals surface area contributed by atoms with Gasteiger partial charge in [-0.2, -0.15) is 0 Å². The van der Waals surface area contributed by atoms with Crippen LogP contribution in [0.15, 0.2) is 52.4 Å². The van der Waals surface area contributed by atoms with E-state index in [2.05, 4.69) is 4.99 Å². The third kappa shape index (κ3) is 4.74. The number of nitrogens with two attached hydrogens (primary N) is 2. The van der Waals surface area contributed by atoms with E-state index in [9.17, 15) is 8.42 Å². The number of benzene rings is 2. The quantitative estimate of drug-likeness (QED) is 0.594. The second kappa shape index (κ2) is 8.05. The highest BCUT2D eigenvalue weighted by Gasteiger charge is 2.24. The highest BCUT2D eigenvalue weighted by molar-refractivity contribution is 7.91. The lowest BCUT2D eigenvalue weighted by molar-refractivity contribution is 0.203. The van der Waals surface area contributed by atoms with E-state index in [0.29, 0.717) is 17.4 Å². The fraction of sp³-hybridized carbons (Fsp3) is 0.421. The number of hydrogen-bond acceptors (Lipinski definition) is 4. The minimum atomic E-state index is -3.33. The minimum absolute atomic E-state index is 0.0754. The molecule has 0 bridgehead atoms. The van der Waals surface area contributed by atoms with Gasteiger partial charge in [0.2, 0.25) is 0 Å². The predicted octanol–water partition coefficient (Wildman–Crippen LogP) is 1.95. The van der Waals surface area contributed by atoms with Gasteiger partial charge in [-0.1, -0.05) is 30.3 Å². The van der Waals surface area contributed by atoms with Gasteiger partial charge >= 0.3 is 0 Å². The van der Waals surface area contributed by atoms with Gasteiger partial charge in [-0.25, -0.2) is 8.42 Å². The van der Waals surface area contributed by atoms with Gasteiger partial charge in [-0.15, -0.1) is 0 Å². The second-order valence-electron chi connectivity index (χ2n) is 6.91. The molecular weight excluding hydrogens is 348 g/mol. The van der Waals surface area contributed by atoms with E-state index in [0.717, 1.165) is 43.1 Å². The Hall–Kier alpha value is -2.12. The molecule has 0 spiro atoms. The summed E-state index contributed by atoms with van der Waals surface area (Å²) in [6, 6.07) is 13.2. The first-order valence-electron chi connectivity index (χ1n) is 8.93. The first kappa shape index (κ1) is 18.7. The number of nitrogens with zero attached hydrogens (tertiary/aromatic N) is 2. The van der Waals surface area contributed by atoms with Gasteiger partial charge in [0.25, 0.3) is 0 Å². The standard InChI is InChI=1S/C19H26N4O2S/c20-19(21)22-10-7-15-8-11-23(12-9-15)14-26(24,25)18-6-5-16-3-1-2-4-17(16)13-18/h1-6,13,15H,7-12,14H2,(H4,20,21,22). The Kier molecular flexibility index (Phi) is 5.78. The Bertz CT molecular complexity index is 883. The molecule has 0 aliphatic carbocycles. The zero-order valence-corrected chi connectivity index (χ0v) is 15.7. The van der Waals surface area contributed by atoms with Gasteiger partial charge in [0, 0.05) is 6.54 Å². The Balaban J connectivity index is 1.59. The Labute approximate surface area is 154 Å². The Morgan fingerprint density at radius 2 is 1.77 bits per heavy atom. The van der Waals surface area contributed by atoms with E-state index < -0.39 is 9.84 Å². The van der Waals surface area contributed by atoms with Crippen LogP contribution in [-0.4, -0.2) is 44.8 Å². The summed E-state index contributed by atoms with van der Waals surface area (Å²) in [5.74, 6) is 0.757. The molecule has 4 N–H and O–H groups in total. The van der Waals surface area contributed by atoms with Crippen molar-refractivity contribution in [2.75, 3.05) is 25.5 Å². The van der Waals surface area contributed by atoms with Crippen molar-refractivity contribution in [3.05, 3.63) is 42.5 Å². The summed E-state index contributed by atoms with van der Waals surface area (Å²) < 4.78 is 25.6. The SMILES string of the molecule is NC(N)=NCCC1CCN(CS(=O)(=O)c2ccc3ccccc3c2)CC1. The van der Waals surface area contributed by atoms with Gasteiger partial charge in [0.15, 0.2) is 15.8 Å². The van der Waals surface area contributed by atoms with Crippen LogP contribution in [0.1, 0.15) is 19.3 Å². The van der Waals surface area contributed by atoms with Crippen molar-refractivity contribution in [1.82, 2.24) is 4.90 Å². The van der Waals surface area contributed by atoms with Gasteiger partial charge in [-0.3, -0.25) is 9.89 Å². The van der Waals surface area contributed by atoms with E-state index in [4.69, 9.17) is 11.5 Å². The molecule has 1 heterocycles. The smallest absolute Gasteiger partial charge is 0.191 e. The lowest BCUT2D eigenvalue weighted by Gasteiger charge is -2.31. The molecule has 0 unspecified atom stereocenters. The number of sulfone groups is 1. The summed E-state index contributed by atoms with van der Waals surface area (Å²) >= 11 is 0. The van der Waals surface area contributed by atoms with Gasteiger partial charge in [-0.05, 0) is 61.2 Å². The van der Waals surface area contributed by atoms with Gasteiger partial charge in [0.1, 0.15) is 5.88 Å². The Morgan fingerprint density at radius 3 is 2.46 bits per heavy atom. The molecule has 3 rings (SSSR count). The van der Waals surface area contributed by atoms with E-state index in [1.165, 1.54) is 0 Å². The topological polar surface area (TPSA) is 102 Å².